The lowest BCUT2D eigenvalue weighted by Gasteiger charge is -2.36. The summed E-state index contributed by atoms with van der Waals surface area (Å²) >= 11 is 1.79. The zero-order chi connectivity index (χ0) is 16.2. The molecular weight excluding hydrogens is 308 g/mol. The molecule has 0 radical (unpaired) electrons. The molecule has 2 aliphatic rings. The molecule has 126 valence electrons. The summed E-state index contributed by atoms with van der Waals surface area (Å²) < 4.78 is 0. The van der Waals surface area contributed by atoms with Gasteiger partial charge in [-0.1, -0.05) is 12.8 Å². The van der Waals surface area contributed by atoms with Gasteiger partial charge >= 0.3 is 0 Å². The molecule has 1 saturated carbocycles. The molecule has 0 spiro atoms. The number of aryl methyl sites for hydroxylation is 1. The lowest BCUT2D eigenvalue weighted by atomic mass is 9.95. The van der Waals surface area contributed by atoms with E-state index in [1.807, 2.05) is 4.90 Å². The Morgan fingerprint density at radius 2 is 2.09 bits per heavy atom. The van der Waals surface area contributed by atoms with Gasteiger partial charge in [-0.2, -0.15) is 0 Å². The van der Waals surface area contributed by atoms with E-state index in [2.05, 4.69) is 24.4 Å². The SMILES string of the molecule is Cc1ccc(CCNC(=O)[C@@H]2CCC(=O)N(C3CCCC3)C2)s1. The highest BCUT2D eigenvalue weighted by atomic mass is 32.1. The minimum Gasteiger partial charge on any atom is -0.355 e. The van der Waals surface area contributed by atoms with E-state index in [4.69, 9.17) is 0 Å². The number of carbonyl (C=O) groups excluding carboxylic acids is 2. The highest BCUT2D eigenvalue weighted by Gasteiger charge is 2.34. The largest absolute Gasteiger partial charge is 0.355 e. The summed E-state index contributed by atoms with van der Waals surface area (Å²) in [4.78, 5) is 29.2. The summed E-state index contributed by atoms with van der Waals surface area (Å²) in [6, 6.07) is 4.63. The Hall–Kier alpha value is -1.36. The van der Waals surface area contributed by atoms with E-state index in [-0.39, 0.29) is 17.7 Å². The van der Waals surface area contributed by atoms with Crippen molar-refractivity contribution in [3.05, 3.63) is 21.9 Å². The molecule has 0 unspecified atom stereocenters. The predicted molar refractivity (Wildman–Crippen MR) is 92.5 cm³/mol. The number of nitrogens with one attached hydrogen (secondary N) is 1. The topological polar surface area (TPSA) is 49.4 Å². The van der Waals surface area contributed by atoms with Crippen LogP contribution in [0.1, 0.15) is 48.3 Å². The fraction of sp³-hybridized carbons (Fsp3) is 0.667. The van der Waals surface area contributed by atoms with Crippen LogP contribution in [0.15, 0.2) is 12.1 Å². The summed E-state index contributed by atoms with van der Waals surface area (Å²) in [5.41, 5.74) is 0. The van der Waals surface area contributed by atoms with Crippen LogP contribution in [-0.2, 0) is 16.0 Å². The molecule has 2 heterocycles. The maximum absolute atomic E-state index is 12.4. The van der Waals surface area contributed by atoms with E-state index in [1.165, 1.54) is 22.6 Å². The van der Waals surface area contributed by atoms with Gasteiger partial charge in [0.25, 0.3) is 0 Å². The average Bonchev–Trinajstić information content (AvgIpc) is 3.19. The van der Waals surface area contributed by atoms with E-state index in [0.717, 1.165) is 19.3 Å². The second-order valence-electron chi connectivity index (χ2n) is 6.77. The van der Waals surface area contributed by atoms with Crippen molar-refractivity contribution in [3.8, 4) is 0 Å². The summed E-state index contributed by atoms with van der Waals surface area (Å²) in [5, 5.41) is 3.07. The molecule has 2 amide bonds. The molecule has 0 bridgehead atoms. The lowest BCUT2D eigenvalue weighted by molar-refractivity contribution is -0.140. The van der Waals surface area contributed by atoms with Crippen LogP contribution < -0.4 is 5.32 Å². The Morgan fingerprint density at radius 1 is 1.30 bits per heavy atom. The molecule has 3 rings (SSSR count). The van der Waals surface area contributed by atoms with Crippen LogP contribution in [0.25, 0.3) is 0 Å². The number of amides is 2. The van der Waals surface area contributed by atoms with Crippen molar-refractivity contribution in [3.63, 3.8) is 0 Å². The van der Waals surface area contributed by atoms with Gasteiger partial charge in [0.1, 0.15) is 0 Å². The van der Waals surface area contributed by atoms with Crippen molar-refractivity contribution in [1.29, 1.82) is 0 Å². The molecule has 1 aromatic heterocycles. The third-order valence-corrected chi connectivity index (χ3v) is 6.11. The number of nitrogens with zero attached hydrogens (tertiary/aromatic N) is 1. The van der Waals surface area contributed by atoms with Crippen LogP contribution in [0.5, 0.6) is 0 Å². The maximum Gasteiger partial charge on any atom is 0.224 e. The Bertz CT molecular complexity index is 563. The monoisotopic (exact) mass is 334 g/mol. The van der Waals surface area contributed by atoms with Crippen LogP contribution in [-0.4, -0.2) is 35.8 Å². The highest BCUT2D eigenvalue weighted by Crippen LogP contribution is 2.28. The summed E-state index contributed by atoms with van der Waals surface area (Å²) in [7, 11) is 0. The lowest BCUT2D eigenvalue weighted by Crippen LogP contribution is -2.49. The Morgan fingerprint density at radius 3 is 2.78 bits per heavy atom. The van der Waals surface area contributed by atoms with E-state index in [1.54, 1.807) is 11.3 Å². The first-order valence-electron chi connectivity index (χ1n) is 8.76. The smallest absolute Gasteiger partial charge is 0.224 e. The first kappa shape index (κ1) is 16.5. The first-order chi connectivity index (χ1) is 11.1. The minimum atomic E-state index is -0.0293. The van der Waals surface area contributed by atoms with Crippen LogP contribution in [0.3, 0.4) is 0 Å². The van der Waals surface area contributed by atoms with Crippen LogP contribution >= 0.6 is 11.3 Å². The Labute approximate surface area is 142 Å². The standard InChI is InChI=1S/C18H26N2O2S/c1-13-6-8-16(23-13)10-11-19-18(22)14-7-9-17(21)20(12-14)15-4-2-3-5-15/h6,8,14-15H,2-5,7,9-12H2,1H3,(H,19,22)/t14-/m1/s1. The van der Waals surface area contributed by atoms with Gasteiger partial charge in [0.05, 0.1) is 5.92 Å². The minimum absolute atomic E-state index is 0.0293. The van der Waals surface area contributed by atoms with Crippen LogP contribution in [0, 0.1) is 12.8 Å². The number of piperidine rings is 1. The van der Waals surface area contributed by atoms with E-state index >= 15 is 0 Å². The molecule has 5 heteroatoms. The molecule has 1 aliphatic heterocycles. The van der Waals surface area contributed by atoms with Gasteiger partial charge in [0, 0.05) is 35.3 Å². The zero-order valence-corrected chi connectivity index (χ0v) is 14.7. The molecule has 4 nitrogen and oxygen atoms in total. The quantitative estimate of drug-likeness (QED) is 0.900. The maximum atomic E-state index is 12.4. The molecule has 1 N–H and O–H groups in total. The number of likely N-dealkylation sites (tertiary alicyclic amines) is 1. The second kappa shape index (κ2) is 7.47. The van der Waals surface area contributed by atoms with Gasteiger partial charge in [0.15, 0.2) is 0 Å². The Kier molecular flexibility index (Phi) is 5.36. The van der Waals surface area contributed by atoms with Crippen molar-refractivity contribution in [2.24, 2.45) is 5.92 Å². The van der Waals surface area contributed by atoms with E-state index in [0.29, 0.717) is 32.0 Å². The van der Waals surface area contributed by atoms with Gasteiger partial charge < -0.3 is 10.2 Å². The number of hydrogen-bond acceptors (Lipinski definition) is 3. The Balaban J connectivity index is 1.47. The molecule has 23 heavy (non-hydrogen) atoms. The molecule has 1 atom stereocenters. The van der Waals surface area contributed by atoms with E-state index in [9.17, 15) is 9.59 Å². The normalized spacial score (nSPS) is 22.6. The number of thiophene rings is 1. The second-order valence-corrected chi connectivity index (χ2v) is 8.15. The molecule has 1 aliphatic carbocycles. The average molecular weight is 334 g/mol. The van der Waals surface area contributed by atoms with Crippen molar-refractivity contribution >= 4 is 23.2 Å². The third kappa shape index (κ3) is 4.14. The fourth-order valence-electron chi connectivity index (χ4n) is 3.73. The van der Waals surface area contributed by atoms with Crippen LogP contribution in [0.4, 0.5) is 0 Å². The highest BCUT2D eigenvalue weighted by molar-refractivity contribution is 7.11. The molecular formula is C18H26N2O2S. The zero-order valence-electron chi connectivity index (χ0n) is 13.8. The van der Waals surface area contributed by atoms with Crippen molar-refractivity contribution < 1.29 is 9.59 Å². The number of rotatable bonds is 5. The summed E-state index contributed by atoms with van der Waals surface area (Å²) in [6.45, 7) is 3.41. The van der Waals surface area contributed by atoms with Gasteiger partial charge in [-0.05, 0) is 44.7 Å². The molecule has 2 fully saturated rings. The van der Waals surface area contributed by atoms with Crippen molar-refractivity contribution in [1.82, 2.24) is 10.2 Å². The van der Waals surface area contributed by atoms with Crippen molar-refractivity contribution in [2.75, 3.05) is 13.1 Å². The summed E-state index contributed by atoms with van der Waals surface area (Å²) in [5.74, 6) is 0.335. The van der Waals surface area contributed by atoms with E-state index < -0.39 is 0 Å². The first-order valence-corrected chi connectivity index (χ1v) is 9.57. The predicted octanol–water partition coefficient (Wildman–Crippen LogP) is 2.90. The summed E-state index contributed by atoms with van der Waals surface area (Å²) in [6.07, 6.45) is 6.76. The van der Waals surface area contributed by atoms with Gasteiger partial charge in [-0.15, -0.1) is 11.3 Å². The van der Waals surface area contributed by atoms with Crippen molar-refractivity contribution in [2.45, 2.75) is 57.9 Å². The number of hydrogen-bond donors (Lipinski definition) is 1. The third-order valence-electron chi connectivity index (χ3n) is 5.05. The van der Waals surface area contributed by atoms with Crippen LogP contribution in [0.2, 0.25) is 0 Å². The van der Waals surface area contributed by atoms with Gasteiger partial charge in [-0.25, -0.2) is 0 Å². The number of carbonyl (C=O) groups is 2. The van der Waals surface area contributed by atoms with Gasteiger partial charge in [-0.3, -0.25) is 9.59 Å². The molecule has 1 saturated heterocycles. The van der Waals surface area contributed by atoms with Gasteiger partial charge in [0.2, 0.25) is 11.8 Å². The molecule has 0 aromatic carbocycles. The molecule has 1 aromatic rings. The fourth-order valence-corrected chi connectivity index (χ4v) is 4.62.